The van der Waals surface area contributed by atoms with Crippen LogP contribution in [0.3, 0.4) is 0 Å². The average molecular weight is 547 g/mol. The van der Waals surface area contributed by atoms with Crippen molar-refractivity contribution in [2.75, 3.05) is 13.2 Å². The first-order chi connectivity index (χ1) is 18.1. The average Bonchev–Trinajstić information content (AvgIpc) is 3.09. The van der Waals surface area contributed by atoms with Gasteiger partial charge in [0, 0.05) is 12.0 Å². The standard InChI is InChI=1S/C32H54N2O5/c1-11-12-18-31(7,8)28(35)33-20-27-26(34(32(9,10)38-27)29(36)39-30(4,5)6)19-25(23(2)3)22-37-21-24-16-14-13-15-17-24/h13-17,23,25-27H,11-12,18-22H2,1-10H3,(H,33,35)/t25-,26+,27?/m1/s1. The van der Waals surface area contributed by atoms with E-state index >= 15 is 0 Å². The molecule has 7 nitrogen and oxygen atoms in total. The highest BCUT2D eigenvalue weighted by Gasteiger charge is 2.52. The molecule has 1 saturated heterocycles. The van der Waals surface area contributed by atoms with Crippen molar-refractivity contribution in [1.29, 1.82) is 0 Å². The van der Waals surface area contributed by atoms with E-state index in [-0.39, 0.29) is 24.0 Å². The van der Waals surface area contributed by atoms with E-state index in [1.165, 1.54) is 0 Å². The van der Waals surface area contributed by atoms with Gasteiger partial charge in [-0.2, -0.15) is 0 Å². The molecule has 0 spiro atoms. The van der Waals surface area contributed by atoms with Gasteiger partial charge in [0.1, 0.15) is 11.3 Å². The summed E-state index contributed by atoms with van der Waals surface area (Å²) in [5, 5.41) is 3.14. The number of ether oxygens (including phenoxy) is 3. The predicted molar refractivity (Wildman–Crippen MR) is 156 cm³/mol. The van der Waals surface area contributed by atoms with Crippen LogP contribution < -0.4 is 5.32 Å². The summed E-state index contributed by atoms with van der Waals surface area (Å²) < 4.78 is 18.5. The van der Waals surface area contributed by atoms with E-state index in [0.29, 0.717) is 32.1 Å². The molecule has 1 fully saturated rings. The second kappa shape index (κ2) is 14.0. The zero-order valence-corrected chi connectivity index (χ0v) is 26.1. The highest BCUT2D eigenvalue weighted by Crippen LogP contribution is 2.38. The predicted octanol–water partition coefficient (Wildman–Crippen LogP) is 6.94. The number of carbonyl (C=O) groups is 2. The minimum absolute atomic E-state index is 0.0124. The summed E-state index contributed by atoms with van der Waals surface area (Å²) in [6, 6.07) is 9.86. The maximum atomic E-state index is 13.5. The third-order valence-electron chi connectivity index (χ3n) is 7.54. The number of hydrogen-bond donors (Lipinski definition) is 1. The molecule has 1 unspecified atom stereocenters. The van der Waals surface area contributed by atoms with E-state index in [4.69, 9.17) is 14.2 Å². The third kappa shape index (κ3) is 10.1. The van der Waals surface area contributed by atoms with Crippen molar-refractivity contribution in [3.63, 3.8) is 0 Å². The maximum absolute atomic E-state index is 13.5. The van der Waals surface area contributed by atoms with Gasteiger partial charge in [-0.15, -0.1) is 0 Å². The van der Waals surface area contributed by atoms with Crippen molar-refractivity contribution in [3.8, 4) is 0 Å². The molecule has 222 valence electrons. The van der Waals surface area contributed by atoms with Crippen molar-refractivity contribution >= 4 is 12.0 Å². The molecular formula is C32H54N2O5. The topological polar surface area (TPSA) is 77.1 Å². The molecule has 0 aliphatic carbocycles. The summed E-state index contributed by atoms with van der Waals surface area (Å²) in [5.74, 6) is 0.520. The summed E-state index contributed by atoms with van der Waals surface area (Å²) in [5.41, 5.74) is -0.848. The molecule has 1 aliphatic rings. The Kier molecular flexibility index (Phi) is 11.9. The lowest BCUT2D eigenvalue weighted by Gasteiger charge is -2.37. The van der Waals surface area contributed by atoms with E-state index < -0.39 is 22.8 Å². The van der Waals surface area contributed by atoms with Crippen LogP contribution in [0.2, 0.25) is 0 Å². The van der Waals surface area contributed by atoms with Crippen LogP contribution in [0.5, 0.6) is 0 Å². The van der Waals surface area contributed by atoms with E-state index in [9.17, 15) is 9.59 Å². The molecule has 0 radical (unpaired) electrons. The van der Waals surface area contributed by atoms with Gasteiger partial charge < -0.3 is 19.5 Å². The third-order valence-corrected chi connectivity index (χ3v) is 7.54. The summed E-state index contributed by atoms with van der Waals surface area (Å²) in [4.78, 5) is 28.4. The molecule has 0 saturated carbocycles. The Morgan fingerprint density at radius 2 is 1.74 bits per heavy atom. The van der Waals surface area contributed by atoms with E-state index in [1.807, 2.05) is 66.7 Å². The van der Waals surface area contributed by atoms with Crippen LogP contribution in [-0.4, -0.2) is 53.5 Å². The highest BCUT2D eigenvalue weighted by atomic mass is 16.6. The van der Waals surface area contributed by atoms with Crippen molar-refractivity contribution in [3.05, 3.63) is 35.9 Å². The van der Waals surface area contributed by atoms with Gasteiger partial charge in [0.15, 0.2) is 0 Å². The van der Waals surface area contributed by atoms with Gasteiger partial charge in [0.25, 0.3) is 0 Å². The van der Waals surface area contributed by atoms with Gasteiger partial charge in [0.2, 0.25) is 5.91 Å². The second-order valence-corrected chi connectivity index (χ2v) is 13.5. The first kappa shape index (κ1) is 33.1. The molecule has 0 bridgehead atoms. The van der Waals surface area contributed by atoms with Gasteiger partial charge >= 0.3 is 6.09 Å². The molecule has 7 heteroatoms. The van der Waals surface area contributed by atoms with Crippen LogP contribution in [-0.2, 0) is 25.6 Å². The summed E-state index contributed by atoms with van der Waals surface area (Å²) >= 11 is 0. The molecule has 2 rings (SSSR count). The number of carbonyl (C=O) groups excluding carboxylic acids is 2. The molecular weight excluding hydrogens is 492 g/mol. The molecule has 1 aromatic rings. The minimum atomic E-state index is -0.882. The quantitative estimate of drug-likeness (QED) is 0.290. The molecule has 39 heavy (non-hydrogen) atoms. The SMILES string of the molecule is CCCCC(C)(C)C(=O)NCC1OC(C)(C)N(C(=O)OC(C)(C)C)[C@H]1C[C@H](COCc1ccccc1)C(C)C. The number of benzene rings is 1. The Morgan fingerprint density at radius 1 is 1.10 bits per heavy atom. The number of nitrogens with one attached hydrogen (secondary N) is 1. The van der Waals surface area contributed by atoms with Crippen molar-refractivity contribution in [2.24, 2.45) is 17.3 Å². The first-order valence-corrected chi connectivity index (χ1v) is 14.7. The zero-order chi connectivity index (χ0) is 29.4. The van der Waals surface area contributed by atoms with Crippen LogP contribution in [0.25, 0.3) is 0 Å². The Labute approximate surface area is 237 Å². The minimum Gasteiger partial charge on any atom is -0.444 e. The van der Waals surface area contributed by atoms with E-state index in [1.54, 1.807) is 4.90 Å². The number of amides is 2. The van der Waals surface area contributed by atoms with E-state index in [2.05, 4.69) is 38.2 Å². The Hall–Kier alpha value is -2.12. The molecule has 0 aromatic heterocycles. The summed E-state index contributed by atoms with van der Waals surface area (Å²) in [6.45, 7) is 21.3. The lowest BCUT2D eigenvalue weighted by Crippen LogP contribution is -2.52. The molecule has 2 amide bonds. The largest absolute Gasteiger partial charge is 0.444 e. The summed E-state index contributed by atoms with van der Waals surface area (Å²) in [6.07, 6.45) is 2.78. The fourth-order valence-corrected chi connectivity index (χ4v) is 5.08. The summed E-state index contributed by atoms with van der Waals surface area (Å²) in [7, 11) is 0. The molecule has 1 aliphatic heterocycles. The van der Waals surface area contributed by atoms with Gasteiger partial charge in [-0.3, -0.25) is 9.69 Å². The normalized spacial score (nSPS) is 20.2. The van der Waals surface area contributed by atoms with E-state index in [0.717, 1.165) is 24.8 Å². The van der Waals surface area contributed by atoms with Gasteiger partial charge in [-0.05, 0) is 64.9 Å². The Balaban J connectivity index is 2.24. The van der Waals surface area contributed by atoms with Crippen LogP contribution in [0.15, 0.2) is 30.3 Å². The molecule has 1 heterocycles. The first-order valence-electron chi connectivity index (χ1n) is 14.7. The number of hydrogen-bond acceptors (Lipinski definition) is 5. The zero-order valence-electron chi connectivity index (χ0n) is 26.1. The Morgan fingerprint density at radius 3 is 2.31 bits per heavy atom. The fourth-order valence-electron chi connectivity index (χ4n) is 5.08. The highest BCUT2D eigenvalue weighted by molar-refractivity contribution is 5.81. The van der Waals surface area contributed by atoms with Crippen molar-refractivity contribution in [2.45, 2.75) is 125 Å². The van der Waals surface area contributed by atoms with Gasteiger partial charge in [0.05, 0.1) is 25.4 Å². The lowest BCUT2D eigenvalue weighted by molar-refractivity contribution is -0.131. The molecule has 1 aromatic carbocycles. The molecule has 1 N–H and O–H groups in total. The monoisotopic (exact) mass is 546 g/mol. The maximum Gasteiger partial charge on any atom is 0.412 e. The van der Waals surface area contributed by atoms with Crippen LogP contribution in [0, 0.1) is 17.3 Å². The van der Waals surface area contributed by atoms with Crippen molar-refractivity contribution < 1.29 is 23.8 Å². The fraction of sp³-hybridized carbons (Fsp3) is 0.750. The number of unbranched alkanes of at least 4 members (excludes halogenated alkanes) is 1. The number of rotatable bonds is 13. The van der Waals surface area contributed by atoms with Crippen LogP contribution >= 0.6 is 0 Å². The van der Waals surface area contributed by atoms with Crippen LogP contribution in [0.4, 0.5) is 4.79 Å². The van der Waals surface area contributed by atoms with Crippen LogP contribution in [0.1, 0.15) is 100 Å². The molecule has 3 atom stereocenters. The van der Waals surface area contributed by atoms with Crippen molar-refractivity contribution in [1.82, 2.24) is 10.2 Å². The van der Waals surface area contributed by atoms with Gasteiger partial charge in [-0.1, -0.05) is 77.8 Å². The lowest BCUT2D eigenvalue weighted by atomic mass is 9.85. The second-order valence-electron chi connectivity index (χ2n) is 13.5. The Bertz CT molecular complexity index is 907. The smallest absolute Gasteiger partial charge is 0.412 e. The number of nitrogens with zero attached hydrogens (tertiary/aromatic N) is 1. The van der Waals surface area contributed by atoms with Gasteiger partial charge in [-0.25, -0.2) is 4.79 Å².